The lowest BCUT2D eigenvalue weighted by molar-refractivity contribution is -0.131. The van der Waals surface area contributed by atoms with E-state index in [9.17, 15) is 9.59 Å². The molecule has 0 spiro atoms. The maximum absolute atomic E-state index is 11.6. The number of piperidine rings is 1. The summed E-state index contributed by atoms with van der Waals surface area (Å²) in [6.07, 6.45) is 1.82. The highest BCUT2D eigenvalue weighted by Gasteiger charge is 2.25. The summed E-state index contributed by atoms with van der Waals surface area (Å²) in [5.74, 6) is 0.659. The third-order valence-electron chi connectivity index (χ3n) is 2.31. The van der Waals surface area contributed by atoms with E-state index < -0.39 is 0 Å². The number of nitrogens with one attached hydrogen (secondary N) is 1. The average Bonchev–Trinajstić information content (AvgIpc) is 2.03. The van der Waals surface area contributed by atoms with Crippen molar-refractivity contribution in [2.24, 2.45) is 11.8 Å². The Morgan fingerprint density at radius 2 is 2.31 bits per heavy atom. The molecule has 1 aliphatic rings. The molecule has 1 saturated heterocycles. The molecular weight excluding hydrogens is 166 g/mol. The lowest BCUT2D eigenvalue weighted by Crippen LogP contribution is -2.36. The van der Waals surface area contributed by atoms with Crippen molar-refractivity contribution >= 4 is 11.7 Å². The van der Waals surface area contributed by atoms with Gasteiger partial charge in [0.2, 0.25) is 5.91 Å². The summed E-state index contributed by atoms with van der Waals surface area (Å²) in [4.78, 5) is 22.6. The number of carbonyl (C=O) groups excluding carboxylic acids is 2. The molecule has 0 bridgehead atoms. The van der Waals surface area contributed by atoms with E-state index in [0.717, 1.165) is 6.42 Å². The molecule has 1 amide bonds. The highest BCUT2D eigenvalue weighted by Crippen LogP contribution is 2.17. The van der Waals surface area contributed by atoms with Gasteiger partial charge in [0, 0.05) is 25.3 Å². The molecule has 1 aliphatic heterocycles. The van der Waals surface area contributed by atoms with Gasteiger partial charge in [-0.05, 0) is 12.3 Å². The fourth-order valence-corrected chi connectivity index (χ4v) is 1.63. The van der Waals surface area contributed by atoms with Gasteiger partial charge in [-0.2, -0.15) is 0 Å². The minimum absolute atomic E-state index is 0.0175. The van der Waals surface area contributed by atoms with Crippen molar-refractivity contribution in [2.45, 2.75) is 33.1 Å². The van der Waals surface area contributed by atoms with E-state index >= 15 is 0 Å². The van der Waals surface area contributed by atoms with Crippen molar-refractivity contribution in [1.82, 2.24) is 5.32 Å². The number of ketones is 1. The van der Waals surface area contributed by atoms with Gasteiger partial charge in [-0.1, -0.05) is 13.8 Å². The Kier molecular flexibility index (Phi) is 3.46. The molecule has 0 aromatic rings. The predicted octanol–water partition coefficient (Wildman–Crippen LogP) is 1.13. The summed E-state index contributed by atoms with van der Waals surface area (Å²) in [6, 6.07) is 0. The Labute approximate surface area is 78.9 Å². The summed E-state index contributed by atoms with van der Waals surface area (Å²) in [6.45, 7) is 4.72. The predicted molar refractivity (Wildman–Crippen MR) is 50.2 cm³/mol. The Hall–Kier alpha value is -0.860. The lowest BCUT2D eigenvalue weighted by Gasteiger charge is -2.21. The Bertz CT molecular complexity index is 211. The second-order valence-corrected chi connectivity index (χ2v) is 4.10. The molecule has 1 atom stereocenters. The van der Waals surface area contributed by atoms with Crippen LogP contribution in [-0.2, 0) is 9.59 Å². The van der Waals surface area contributed by atoms with E-state index in [2.05, 4.69) is 5.32 Å². The minimum Gasteiger partial charge on any atom is -0.356 e. The summed E-state index contributed by atoms with van der Waals surface area (Å²) < 4.78 is 0. The van der Waals surface area contributed by atoms with Crippen LogP contribution in [0.15, 0.2) is 0 Å². The Morgan fingerprint density at radius 3 is 2.85 bits per heavy atom. The lowest BCUT2D eigenvalue weighted by atomic mass is 9.89. The van der Waals surface area contributed by atoms with Gasteiger partial charge in [0.25, 0.3) is 0 Å². The first-order valence-electron chi connectivity index (χ1n) is 4.89. The number of hydrogen-bond donors (Lipinski definition) is 1. The van der Waals surface area contributed by atoms with E-state index in [1.54, 1.807) is 0 Å². The quantitative estimate of drug-likeness (QED) is 0.713. The van der Waals surface area contributed by atoms with Crippen LogP contribution >= 0.6 is 0 Å². The molecule has 3 heteroatoms. The molecule has 3 nitrogen and oxygen atoms in total. The van der Waals surface area contributed by atoms with E-state index in [-0.39, 0.29) is 17.6 Å². The van der Waals surface area contributed by atoms with Crippen molar-refractivity contribution in [3.8, 4) is 0 Å². The molecule has 13 heavy (non-hydrogen) atoms. The van der Waals surface area contributed by atoms with E-state index in [1.807, 2.05) is 13.8 Å². The molecule has 1 fully saturated rings. The molecule has 1 rings (SSSR count). The number of rotatable bonds is 3. The second-order valence-electron chi connectivity index (χ2n) is 4.10. The molecule has 1 unspecified atom stereocenters. The van der Waals surface area contributed by atoms with Gasteiger partial charge >= 0.3 is 0 Å². The SMILES string of the molecule is CC(C)CC(=O)C1CCNC(=O)C1. The summed E-state index contributed by atoms with van der Waals surface area (Å²) >= 11 is 0. The fourth-order valence-electron chi connectivity index (χ4n) is 1.63. The summed E-state index contributed by atoms with van der Waals surface area (Å²) in [5, 5.41) is 2.73. The van der Waals surface area contributed by atoms with Gasteiger partial charge in [0.05, 0.1) is 0 Å². The minimum atomic E-state index is -0.0175. The van der Waals surface area contributed by atoms with Crippen molar-refractivity contribution in [2.75, 3.05) is 6.54 Å². The summed E-state index contributed by atoms with van der Waals surface area (Å²) in [7, 11) is 0. The smallest absolute Gasteiger partial charge is 0.220 e. The van der Waals surface area contributed by atoms with Crippen LogP contribution in [0, 0.1) is 11.8 Å². The first-order valence-corrected chi connectivity index (χ1v) is 4.89. The molecule has 0 aliphatic carbocycles. The van der Waals surface area contributed by atoms with Gasteiger partial charge in [0.15, 0.2) is 0 Å². The number of Topliss-reactive ketones (excluding diaryl/α,β-unsaturated/α-hetero) is 1. The standard InChI is InChI=1S/C10H17NO2/c1-7(2)5-9(12)8-3-4-11-10(13)6-8/h7-8H,3-6H2,1-2H3,(H,11,13). The monoisotopic (exact) mass is 183 g/mol. The number of amides is 1. The van der Waals surface area contributed by atoms with Gasteiger partial charge in [-0.3, -0.25) is 9.59 Å². The van der Waals surface area contributed by atoms with Gasteiger partial charge in [-0.15, -0.1) is 0 Å². The van der Waals surface area contributed by atoms with E-state index in [1.165, 1.54) is 0 Å². The second kappa shape index (κ2) is 4.40. The van der Waals surface area contributed by atoms with Crippen LogP contribution in [0.1, 0.15) is 33.1 Å². The highest BCUT2D eigenvalue weighted by atomic mass is 16.2. The van der Waals surface area contributed by atoms with Gasteiger partial charge in [0.1, 0.15) is 5.78 Å². The van der Waals surface area contributed by atoms with E-state index in [0.29, 0.717) is 25.3 Å². The Balaban J connectivity index is 2.41. The third-order valence-corrected chi connectivity index (χ3v) is 2.31. The molecular formula is C10H17NO2. The zero-order valence-corrected chi connectivity index (χ0v) is 8.30. The van der Waals surface area contributed by atoms with E-state index in [4.69, 9.17) is 0 Å². The highest BCUT2D eigenvalue weighted by molar-refractivity contribution is 5.88. The van der Waals surface area contributed by atoms with Gasteiger partial charge in [-0.25, -0.2) is 0 Å². The van der Waals surface area contributed by atoms with Gasteiger partial charge < -0.3 is 5.32 Å². The van der Waals surface area contributed by atoms with Crippen LogP contribution < -0.4 is 5.32 Å². The van der Waals surface area contributed by atoms with Crippen molar-refractivity contribution in [3.63, 3.8) is 0 Å². The molecule has 0 aromatic heterocycles. The first-order chi connectivity index (χ1) is 6.09. The van der Waals surface area contributed by atoms with Crippen LogP contribution in [0.4, 0.5) is 0 Å². The fraction of sp³-hybridized carbons (Fsp3) is 0.800. The topological polar surface area (TPSA) is 46.2 Å². The van der Waals surface area contributed by atoms with Crippen molar-refractivity contribution in [3.05, 3.63) is 0 Å². The third kappa shape index (κ3) is 3.17. The zero-order chi connectivity index (χ0) is 9.84. The normalized spacial score (nSPS) is 23.0. The van der Waals surface area contributed by atoms with Crippen molar-refractivity contribution in [1.29, 1.82) is 0 Å². The number of hydrogen-bond acceptors (Lipinski definition) is 2. The number of carbonyl (C=O) groups is 2. The molecule has 0 saturated carbocycles. The summed E-state index contributed by atoms with van der Waals surface area (Å²) in [5.41, 5.74) is 0. The maximum atomic E-state index is 11.6. The first kappa shape index (κ1) is 10.2. The van der Waals surface area contributed by atoms with Crippen LogP contribution in [0.25, 0.3) is 0 Å². The molecule has 0 aromatic carbocycles. The maximum Gasteiger partial charge on any atom is 0.220 e. The Morgan fingerprint density at radius 1 is 1.62 bits per heavy atom. The molecule has 74 valence electrons. The van der Waals surface area contributed by atoms with Crippen LogP contribution in [0.2, 0.25) is 0 Å². The molecule has 0 radical (unpaired) electrons. The zero-order valence-electron chi connectivity index (χ0n) is 8.30. The largest absolute Gasteiger partial charge is 0.356 e. The molecule has 1 N–H and O–H groups in total. The molecule has 1 heterocycles. The van der Waals surface area contributed by atoms with Crippen LogP contribution in [0.5, 0.6) is 0 Å². The average molecular weight is 183 g/mol. The van der Waals surface area contributed by atoms with Crippen molar-refractivity contribution < 1.29 is 9.59 Å². The van der Waals surface area contributed by atoms with Crippen LogP contribution in [0.3, 0.4) is 0 Å². The van der Waals surface area contributed by atoms with Crippen LogP contribution in [-0.4, -0.2) is 18.2 Å².